The van der Waals surface area contributed by atoms with Gasteiger partial charge in [-0.25, -0.2) is 4.39 Å². The number of ether oxygens (including phenoxy) is 1. The van der Waals surface area contributed by atoms with E-state index in [1.165, 1.54) is 19.2 Å². The number of hydrogen-bond donors (Lipinski definition) is 1. The van der Waals surface area contributed by atoms with Crippen molar-refractivity contribution in [2.24, 2.45) is 5.73 Å². The summed E-state index contributed by atoms with van der Waals surface area (Å²) in [5.74, 6) is -0.115. The van der Waals surface area contributed by atoms with Gasteiger partial charge in [0.1, 0.15) is 11.4 Å². The zero-order chi connectivity index (χ0) is 12.4. The van der Waals surface area contributed by atoms with E-state index in [-0.39, 0.29) is 34.6 Å². The lowest BCUT2D eigenvalue weighted by atomic mass is 10.1. The van der Waals surface area contributed by atoms with E-state index in [4.69, 9.17) is 26.6 Å². The predicted octanol–water partition coefficient (Wildman–Crippen LogP) is 2.00. The highest BCUT2D eigenvalue weighted by molar-refractivity contribution is 6.32. The third-order valence-electron chi connectivity index (χ3n) is 2.13. The van der Waals surface area contributed by atoms with E-state index in [1.807, 2.05) is 0 Å². The molecule has 1 heterocycles. The Hall–Kier alpha value is -1.66. The number of nitrogens with two attached hydrogens (primary N) is 1. The molecule has 1 aromatic heterocycles. The molecule has 0 saturated carbocycles. The van der Waals surface area contributed by atoms with Crippen molar-refractivity contribution >= 4 is 11.6 Å². The molecule has 2 rings (SSSR count). The second kappa shape index (κ2) is 4.68. The minimum absolute atomic E-state index is 0.0577. The number of aromatic nitrogens is 2. The summed E-state index contributed by atoms with van der Waals surface area (Å²) in [6.45, 7) is 0.0809. The molecule has 2 N–H and O–H groups in total. The summed E-state index contributed by atoms with van der Waals surface area (Å²) in [4.78, 5) is 3.93. The van der Waals surface area contributed by atoms with Crippen molar-refractivity contribution in [1.82, 2.24) is 10.1 Å². The number of benzene rings is 1. The van der Waals surface area contributed by atoms with E-state index in [1.54, 1.807) is 0 Å². The van der Waals surface area contributed by atoms with Gasteiger partial charge in [0, 0.05) is 0 Å². The van der Waals surface area contributed by atoms with Gasteiger partial charge in [0.25, 0.3) is 0 Å². The van der Waals surface area contributed by atoms with Crippen molar-refractivity contribution < 1.29 is 13.7 Å². The van der Waals surface area contributed by atoms with Gasteiger partial charge in [-0.1, -0.05) is 16.8 Å². The van der Waals surface area contributed by atoms with Crippen molar-refractivity contribution in [3.05, 3.63) is 28.9 Å². The van der Waals surface area contributed by atoms with Crippen LogP contribution in [0.15, 0.2) is 16.7 Å². The fraction of sp³-hybridized carbons (Fsp3) is 0.200. The molecule has 0 amide bonds. The van der Waals surface area contributed by atoms with Crippen LogP contribution in [0.4, 0.5) is 4.39 Å². The Morgan fingerprint density at radius 1 is 1.53 bits per heavy atom. The maximum Gasteiger partial charge on any atom is 0.240 e. The second-order valence-corrected chi connectivity index (χ2v) is 3.56. The molecule has 5 nitrogen and oxygen atoms in total. The van der Waals surface area contributed by atoms with E-state index < -0.39 is 5.82 Å². The monoisotopic (exact) mass is 257 g/mol. The minimum Gasteiger partial charge on any atom is -0.494 e. The van der Waals surface area contributed by atoms with E-state index in [0.29, 0.717) is 0 Å². The molecule has 2 aromatic rings. The number of methoxy groups -OCH3 is 1. The smallest absolute Gasteiger partial charge is 0.240 e. The number of rotatable bonds is 3. The van der Waals surface area contributed by atoms with E-state index in [0.717, 1.165) is 0 Å². The first-order valence-electron chi connectivity index (χ1n) is 4.72. The third kappa shape index (κ3) is 2.09. The minimum atomic E-state index is -0.546. The molecule has 0 unspecified atom stereocenters. The van der Waals surface area contributed by atoms with Crippen LogP contribution in [-0.2, 0) is 6.54 Å². The molecule has 7 heteroatoms. The van der Waals surface area contributed by atoms with Gasteiger partial charge >= 0.3 is 0 Å². The molecule has 0 bridgehead atoms. The average molecular weight is 258 g/mol. The molecule has 0 aliphatic heterocycles. The lowest BCUT2D eigenvalue weighted by Crippen LogP contribution is -1.97. The third-order valence-corrected chi connectivity index (χ3v) is 2.43. The molecule has 0 aliphatic carbocycles. The van der Waals surface area contributed by atoms with Crippen LogP contribution < -0.4 is 10.5 Å². The van der Waals surface area contributed by atoms with Crippen LogP contribution in [-0.4, -0.2) is 17.3 Å². The van der Waals surface area contributed by atoms with Gasteiger partial charge < -0.3 is 15.0 Å². The van der Waals surface area contributed by atoms with Crippen LogP contribution in [0.5, 0.6) is 5.75 Å². The Bertz CT molecular complexity index is 544. The van der Waals surface area contributed by atoms with Gasteiger partial charge in [0.05, 0.1) is 18.7 Å². The molecule has 0 saturated heterocycles. The highest BCUT2D eigenvalue weighted by atomic mass is 35.5. The SMILES string of the molecule is COc1c(Cl)ccc(F)c1-c1noc(CN)n1. The number of hydrogen-bond acceptors (Lipinski definition) is 5. The Morgan fingerprint density at radius 2 is 2.29 bits per heavy atom. The molecular weight excluding hydrogens is 249 g/mol. The van der Waals surface area contributed by atoms with Crippen LogP contribution in [0, 0.1) is 5.82 Å². The molecule has 17 heavy (non-hydrogen) atoms. The first-order valence-corrected chi connectivity index (χ1v) is 5.10. The predicted molar refractivity (Wildman–Crippen MR) is 59.1 cm³/mol. The summed E-state index contributed by atoms with van der Waals surface area (Å²) in [7, 11) is 1.38. The zero-order valence-corrected chi connectivity index (χ0v) is 9.66. The van der Waals surface area contributed by atoms with Gasteiger partial charge in [-0.3, -0.25) is 0 Å². The normalized spacial score (nSPS) is 10.6. The van der Waals surface area contributed by atoms with E-state index in [2.05, 4.69) is 10.1 Å². The molecule has 0 fully saturated rings. The quantitative estimate of drug-likeness (QED) is 0.910. The zero-order valence-electron chi connectivity index (χ0n) is 8.91. The maximum absolute atomic E-state index is 13.7. The van der Waals surface area contributed by atoms with Crippen LogP contribution in [0.3, 0.4) is 0 Å². The topological polar surface area (TPSA) is 74.2 Å². The average Bonchev–Trinajstić information content (AvgIpc) is 2.80. The summed E-state index contributed by atoms with van der Waals surface area (Å²) in [6.07, 6.45) is 0. The van der Waals surface area contributed by atoms with Crippen LogP contribution >= 0.6 is 11.6 Å². The molecule has 90 valence electrons. The lowest BCUT2D eigenvalue weighted by molar-refractivity contribution is 0.379. The highest BCUT2D eigenvalue weighted by Crippen LogP contribution is 2.36. The molecule has 0 radical (unpaired) electrons. The number of halogens is 2. The molecule has 0 atom stereocenters. The van der Waals surface area contributed by atoms with E-state index in [9.17, 15) is 4.39 Å². The molecule has 0 aliphatic rings. The van der Waals surface area contributed by atoms with Crippen LogP contribution in [0.25, 0.3) is 11.4 Å². The van der Waals surface area contributed by atoms with Gasteiger partial charge in [-0.05, 0) is 12.1 Å². The van der Waals surface area contributed by atoms with Crippen molar-refractivity contribution in [3.8, 4) is 17.1 Å². The fourth-order valence-electron chi connectivity index (χ4n) is 1.38. The van der Waals surface area contributed by atoms with Gasteiger partial charge in [0.2, 0.25) is 11.7 Å². The molecule has 0 spiro atoms. The molecule has 1 aromatic carbocycles. The summed E-state index contributed by atoms with van der Waals surface area (Å²) in [6, 6.07) is 2.60. The lowest BCUT2D eigenvalue weighted by Gasteiger charge is -2.07. The summed E-state index contributed by atoms with van der Waals surface area (Å²) >= 11 is 5.89. The Labute approximate surface area is 101 Å². The maximum atomic E-state index is 13.7. The second-order valence-electron chi connectivity index (χ2n) is 3.15. The molecular formula is C10H9ClFN3O2. The van der Waals surface area contributed by atoms with Crippen LogP contribution in [0.1, 0.15) is 5.89 Å². The Morgan fingerprint density at radius 3 is 2.88 bits per heavy atom. The van der Waals surface area contributed by atoms with E-state index >= 15 is 0 Å². The summed E-state index contributed by atoms with van der Waals surface area (Å²) in [5, 5.41) is 3.89. The van der Waals surface area contributed by atoms with Crippen molar-refractivity contribution in [2.75, 3.05) is 7.11 Å². The highest BCUT2D eigenvalue weighted by Gasteiger charge is 2.20. The Balaban J connectivity index is 2.60. The van der Waals surface area contributed by atoms with Crippen molar-refractivity contribution in [3.63, 3.8) is 0 Å². The Kier molecular flexibility index (Phi) is 3.26. The summed E-state index contributed by atoms with van der Waals surface area (Å²) in [5.41, 5.74) is 5.39. The van der Waals surface area contributed by atoms with Gasteiger partial charge in [-0.2, -0.15) is 4.98 Å². The largest absolute Gasteiger partial charge is 0.494 e. The first-order chi connectivity index (χ1) is 8.17. The fourth-order valence-corrected chi connectivity index (χ4v) is 1.62. The van der Waals surface area contributed by atoms with Gasteiger partial charge in [-0.15, -0.1) is 0 Å². The van der Waals surface area contributed by atoms with Crippen molar-refractivity contribution in [1.29, 1.82) is 0 Å². The number of nitrogens with zero attached hydrogens (tertiary/aromatic N) is 2. The van der Waals surface area contributed by atoms with Gasteiger partial charge in [0.15, 0.2) is 5.75 Å². The summed E-state index contributed by atoms with van der Waals surface area (Å²) < 4.78 is 23.6. The first kappa shape index (κ1) is 11.8. The van der Waals surface area contributed by atoms with Crippen LogP contribution in [0.2, 0.25) is 5.02 Å². The van der Waals surface area contributed by atoms with Crippen molar-refractivity contribution in [2.45, 2.75) is 6.54 Å². The standard InChI is InChI=1S/C10H9ClFN3O2/c1-16-9-5(11)2-3-6(12)8(9)10-14-7(4-13)17-15-10/h2-3H,4,13H2,1H3.